The van der Waals surface area contributed by atoms with Gasteiger partial charge in [0.2, 0.25) is 0 Å². The number of hydrogen-bond acceptors (Lipinski definition) is 4. The molecule has 14 heavy (non-hydrogen) atoms. The third-order valence-corrected chi connectivity index (χ3v) is 1.52. The summed E-state index contributed by atoms with van der Waals surface area (Å²) in [6, 6.07) is 0. The van der Waals surface area contributed by atoms with Gasteiger partial charge in [0.1, 0.15) is 0 Å². The molecule has 0 saturated carbocycles. The third kappa shape index (κ3) is 2.25. The highest BCUT2D eigenvalue weighted by molar-refractivity contribution is 5.90. The van der Waals surface area contributed by atoms with Crippen LogP contribution in [-0.4, -0.2) is 44.5 Å². The standard InChI is InChI=1S/C8H11N5O/c1-3-5-13(6-4-2)8(14)7-9-11-12-10-7/h3-4H,1-2,5-6H2,(H,9,10,11,12). The highest BCUT2D eigenvalue weighted by atomic mass is 16.2. The minimum absolute atomic E-state index is 0.0497. The van der Waals surface area contributed by atoms with Gasteiger partial charge in [0.25, 0.3) is 11.7 Å². The number of amides is 1. The van der Waals surface area contributed by atoms with Crippen molar-refractivity contribution in [3.8, 4) is 0 Å². The number of H-pyrrole nitrogens is 1. The first-order valence-electron chi connectivity index (χ1n) is 4.04. The average molecular weight is 193 g/mol. The van der Waals surface area contributed by atoms with Gasteiger partial charge in [-0.15, -0.1) is 23.4 Å². The number of nitrogens with zero attached hydrogens (tertiary/aromatic N) is 4. The molecule has 0 aliphatic carbocycles. The van der Waals surface area contributed by atoms with Crippen molar-refractivity contribution in [2.45, 2.75) is 0 Å². The van der Waals surface area contributed by atoms with Crippen molar-refractivity contribution in [1.82, 2.24) is 25.5 Å². The summed E-state index contributed by atoms with van der Waals surface area (Å²) in [6.07, 6.45) is 3.25. The highest BCUT2D eigenvalue weighted by Crippen LogP contribution is 1.97. The van der Waals surface area contributed by atoms with Crippen LogP contribution in [0.5, 0.6) is 0 Å². The molecular weight excluding hydrogens is 182 g/mol. The summed E-state index contributed by atoms with van der Waals surface area (Å²) in [5.74, 6) is -0.243. The van der Waals surface area contributed by atoms with Crippen LogP contribution in [0.2, 0.25) is 0 Å². The van der Waals surface area contributed by atoms with Crippen molar-refractivity contribution in [3.05, 3.63) is 31.1 Å². The maximum Gasteiger partial charge on any atom is 0.296 e. The Hall–Kier alpha value is -1.98. The predicted molar refractivity (Wildman–Crippen MR) is 50.5 cm³/mol. The summed E-state index contributed by atoms with van der Waals surface area (Å²) >= 11 is 0. The molecule has 0 saturated heterocycles. The molecule has 1 rings (SSSR count). The lowest BCUT2D eigenvalue weighted by atomic mass is 10.4. The first kappa shape index (κ1) is 10.1. The van der Waals surface area contributed by atoms with Crippen LogP contribution in [0, 0.1) is 0 Å². The fourth-order valence-corrected chi connectivity index (χ4v) is 0.946. The minimum Gasteiger partial charge on any atom is -0.328 e. The normalized spacial score (nSPS) is 9.43. The zero-order valence-corrected chi connectivity index (χ0v) is 7.68. The molecule has 0 radical (unpaired) electrons. The third-order valence-electron chi connectivity index (χ3n) is 1.52. The van der Waals surface area contributed by atoms with E-state index in [1.54, 1.807) is 12.2 Å². The van der Waals surface area contributed by atoms with E-state index in [0.29, 0.717) is 13.1 Å². The summed E-state index contributed by atoms with van der Waals surface area (Å²) in [5, 5.41) is 12.7. The summed E-state index contributed by atoms with van der Waals surface area (Å²) in [4.78, 5) is 13.1. The predicted octanol–water partition coefficient (Wildman–Crippen LogP) is 0.0139. The van der Waals surface area contributed by atoms with Gasteiger partial charge < -0.3 is 4.90 Å². The lowest BCUT2D eigenvalue weighted by Crippen LogP contribution is -2.32. The van der Waals surface area contributed by atoms with Crippen LogP contribution in [0.4, 0.5) is 0 Å². The van der Waals surface area contributed by atoms with Gasteiger partial charge >= 0.3 is 0 Å². The van der Waals surface area contributed by atoms with E-state index in [2.05, 4.69) is 33.8 Å². The zero-order valence-electron chi connectivity index (χ0n) is 7.68. The summed E-state index contributed by atoms with van der Waals surface area (Å²) < 4.78 is 0. The van der Waals surface area contributed by atoms with Gasteiger partial charge in [0.15, 0.2) is 0 Å². The molecule has 6 nitrogen and oxygen atoms in total. The number of hydrogen-bond donors (Lipinski definition) is 1. The van der Waals surface area contributed by atoms with E-state index in [1.807, 2.05) is 0 Å². The Labute approximate surface area is 81.3 Å². The van der Waals surface area contributed by atoms with Gasteiger partial charge in [0, 0.05) is 13.1 Å². The summed E-state index contributed by atoms with van der Waals surface area (Å²) in [6.45, 7) is 7.97. The molecule has 0 aliphatic rings. The quantitative estimate of drug-likeness (QED) is 0.668. The Balaban J connectivity index is 2.72. The van der Waals surface area contributed by atoms with Crippen molar-refractivity contribution >= 4 is 5.91 Å². The number of nitrogens with one attached hydrogen (secondary N) is 1. The van der Waals surface area contributed by atoms with Crippen LogP contribution in [0.1, 0.15) is 10.6 Å². The zero-order chi connectivity index (χ0) is 10.4. The maximum atomic E-state index is 11.6. The average Bonchev–Trinajstić information content (AvgIpc) is 2.69. The number of rotatable bonds is 5. The number of tetrazole rings is 1. The Bertz CT molecular complexity index is 308. The van der Waals surface area contributed by atoms with E-state index in [9.17, 15) is 4.79 Å². The molecule has 0 aromatic carbocycles. The molecule has 0 bridgehead atoms. The molecule has 6 heteroatoms. The van der Waals surface area contributed by atoms with Crippen LogP contribution in [0.15, 0.2) is 25.3 Å². The Morgan fingerprint density at radius 2 is 2.07 bits per heavy atom. The molecule has 1 amide bonds. The van der Waals surface area contributed by atoms with Crippen molar-refractivity contribution in [2.24, 2.45) is 0 Å². The van der Waals surface area contributed by atoms with Crippen LogP contribution in [0.25, 0.3) is 0 Å². The van der Waals surface area contributed by atoms with Crippen molar-refractivity contribution < 1.29 is 4.79 Å². The molecule has 1 aromatic rings. The van der Waals surface area contributed by atoms with Gasteiger partial charge in [-0.25, -0.2) is 0 Å². The number of carbonyl (C=O) groups is 1. The van der Waals surface area contributed by atoms with E-state index in [-0.39, 0.29) is 11.7 Å². The Morgan fingerprint density at radius 3 is 2.50 bits per heavy atom. The highest BCUT2D eigenvalue weighted by Gasteiger charge is 2.17. The second kappa shape index (κ2) is 4.90. The molecule has 1 N–H and O–H groups in total. The summed E-state index contributed by atoms with van der Waals surface area (Å²) in [5.41, 5.74) is 0. The second-order valence-electron chi connectivity index (χ2n) is 2.52. The fraction of sp³-hybridized carbons (Fsp3) is 0.250. The molecule has 1 aromatic heterocycles. The van der Waals surface area contributed by atoms with E-state index in [4.69, 9.17) is 0 Å². The molecule has 74 valence electrons. The van der Waals surface area contributed by atoms with E-state index in [1.165, 1.54) is 4.90 Å². The molecular formula is C8H11N5O. The van der Waals surface area contributed by atoms with Gasteiger partial charge in [-0.2, -0.15) is 5.21 Å². The number of aromatic nitrogens is 4. The number of aromatic amines is 1. The van der Waals surface area contributed by atoms with E-state index in [0.717, 1.165) is 0 Å². The van der Waals surface area contributed by atoms with Gasteiger partial charge in [-0.3, -0.25) is 4.79 Å². The molecule has 1 heterocycles. The maximum absolute atomic E-state index is 11.6. The first-order valence-corrected chi connectivity index (χ1v) is 4.04. The van der Waals surface area contributed by atoms with Gasteiger partial charge in [-0.1, -0.05) is 12.2 Å². The van der Waals surface area contributed by atoms with Crippen molar-refractivity contribution in [2.75, 3.05) is 13.1 Å². The summed E-state index contributed by atoms with van der Waals surface area (Å²) in [7, 11) is 0. The monoisotopic (exact) mass is 193 g/mol. The van der Waals surface area contributed by atoms with Crippen LogP contribution in [-0.2, 0) is 0 Å². The molecule has 0 atom stereocenters. The minimum atomic E-state index is -0.293. The van der Waals surface area contributed by atoms with Crippen molar-refractivity contribution in [3.63, 3.8) is 0 Å². The smallest absolute Gasteiger partial charge is 0.296 e. The van der Waals surface area contributed by atoms with Gasteiger partial charge in [0.05, 0.1) is 0 Å². The lowest BCUT2D eigenvalue weighted by molar-refractivity contribution is 0.0779. The topological polar surface area (TPSA) is 74.8 Å². The Kier molecular flexibility index (Phi) is 3.54. The molecule has 0 aliphatic heterocycles. The van der Waals surface area contributed by atoms with E-state index >= 15 is 0 Å². The van der Waals surface area contributed by atoms with Crippen molar-refractivity contribution in [1.29, 1.82) is 0 Å². The largest absolute Gasteiger partial charge is 0.328 e. The first-order chi connectivity index (χ1) is 6.79. The van der Waals surface area contributed by atoms with Gasteiger partial charge in [-0.05, 0) is 5.21 Å². The van der Waals surface area contributed by atoms with Crippen LogP contribution < -0.4 is 0 Å². The van der Waals surface area contributed by atoms with E-state index < -0.39 is 0 Å². The second-order valence-corrected chi connectivity index (χ2v) is 2.52. The number of carbonyl (C=O) groups excluding carboxylic acids is 1. The molecule has 0 fully saturated rings. The van der Waals surface area contributed by atoms with Crippen LogP contribution in [0.3, 0.4) is 0 Å². The van der Waals surface area contributed by atoms with Crippen LogP contribution >= 0.6 is 0 Å². The SMILES string of the molecule is C=CCN(CC=C)C(=O)c1nn[nH]n1. The molecule has 0 spiro atoms. The molecule has 0 unspecified atom stereocenters. The lowest BCUT2D eigenvalue weighted by Gasteiger charge is -2.16. The fourth-order valence-electron chi connectivity index (χ4n) is 0.946. The Morgan fingerprint density at radius 1 is 1.43 bits per heavy atom.